The number of hydrogen-bond acceptors (Lipinski definition) is 6. The molecule has 214 valence electrons. The largest absolute Gasteiger partial charge is 0.444 e. The Balaban J connectivity index is 1.44. The van der Waals surface area contributed by atoms with E-state index in [4.69, 9.17) is 4.74 Å². The lowest BCUT2D eigenvalue weighted by atomic mass is 9.87. The van der Waals surface area contributed by atoms with Crippen LogP contribution >= 0.6 is 0 Å². The summed E-state index contributed by atoms with van der Waals surface area (Å²) in [5.41, 5.74) is 1.73. The minimum atomic E-state index is -0.849. The normalized spacial score (nSPS) is 25.9. The van der Waals surface area contributed by atoms with Crippen molar-refractivity contribution in [1.82, 2.24) is 25.8 Å². The average molecular weight is 542 g/mol. The van der Waals surface area contributed by atoms with Crippen molar-refractivity contribution in [2.24, 2.45) is 0 Å². The molecular formula is C29H43N5O5. The Hall–Kier alpha value is -3.14. The van der Waals surface area contributed by atoms with Crippen LogP contribution in [-0.2, 0) is 25.5 Å². The van der Waals surface area contributed by atoms with Crippen LogP contribution in [0.5, 0.6) is 0 Å². The van der Waals surface area contributed by atoms with Gasteiger partial charge in [0.25, 0.3) is 0 Å². The van der Waals surface area contributed by atoms with Crippen molar-refractivity contribution in [2.45, 2.75) is 102 Å². The van der Waals surface area contributed by atoms with E-state index in [0.717, 1.165) is 37.7 Å². The lowest BCUT2D eigenvalue weighted by Crippen LogP contribution is -2.61. The van der Waals surface area contributed by atoms with Crippen LogP contribution in [0.25, 0.3) is 0 Å². The highest BCUT2D eigenvalue weighted by atomic mass is 16.6. The van der Waals surface area contributed by atoms with Gasteiger partial charge in [-0.05, 0) is 83.9 Å². The quantitative estimate of drug-likeness (QED) is 0.526. The lowest BCUT2D eigenvalue weighted by Gasteiger charge is -2.37. The van der Waals surface area contributed by atoms with Gasteiger partial charge >= 0.3 is 6.09 Å². The molecule has 0 aromatic heterocycles. The number of likely N-dealkylation sites (N-methyl/N-ethyl adjacent to an activating group) is 1. The summed E-state index contributed by atoms with van der Waals surface area (Å²) in [7, 11) is 1.50. The van der Waals surface area contributed by atoms with Crippen LogP contribution in [0.3, 0.4) is 0 Å². The minimum Gasteiger partial charge on any atom is -0.444 e. The van der Waals surface area contributed by atoms with Crippen molar-refractivity contribution < 1.29 is 23.9 Å². The van der Waals surface area contributed by atoms with Crippen molar-refractivity contribution in [1.29, 1.82) is 0 Å². The zero-order valence-electron chi connectivity index (χ0n) is 23.8. The van der Waals surface area contributed by atoms with Crippen molar-refractivity contribution in [2.75, 3.05) is 20.1 Å². The average Bonchev–Trinajstić information content (AvgIpc) is 3.30. The molecule has 1 aliphatic carbocycles. The van der Waals surface area contributed by atoms with E-state index in [9.17, 15) is 19.2 Å². The fraction of sp³-hybridized carbons (Fsp3) is 0.655. The van der Waals surface area contributed by atoms with Gasteiger partial charge in [-0.2, -0.15) is 0 Å². The van der Waals surface area contributed by atoms with Crippen molar-refractivity contribution in [3.05, 3.63) is 35.4 Å². The van der Waals surface area contributed by atoms with E-state index in [1.54, 1.807) is 32.6 Å². The molecule has 4 amide bonds. The molecule has 2 aliphatic heterocycles. The number of nitrogens with zero attached hydrogens (tertiary/aromatic N) is 2. The fourth-order valence-corrected chi connectivity index (χ4v) is 5.78. The van der Waals surface area contributed by atoms with Gasteiger partial charge in [-0.15, -0.1) is 0 Å². The number of rotatable bonds is 5. The maximum absolute atomic E-state index is 13.8. The zero-order valence-corrected chi connectivity index (χ0v) is 23.8. The Morgan fingerprint density at radius 1 is 1.08 bits per heavy atom. The highest BCUT2D eigenvalue weighted by Gasteiger charge is 2.44. The summed E-state index contributed by atoms with van der Waals surface area (Å²) in [5, 5.41) is 9.32. The third-order valence-electron chi connectivity index (χ3n) is 8.00. The number of carbonyl (C=O) groups excluding carboxylic acids is 4. The molecule has 5 atom stereocenters. The fourth-order valence-electron chi connectivity index (χ4n) is 5.78. The van der Waals surface area contributed by atoms with Gasteiger partial charge in [0.05, 0.1) is 6.04 Å². The van der Waals surface area contributed by atoms with Crippen LogP contribution in [0.4, 0.5) is 4.79 Å². The predicted octanol–water partition coefficient (Wildman–Crippen LogP) is 2.27. The molecule has 1 aromatic carbocycles. The van der Waals surface area contributed by atoms with Crippen molar-refractivity contribution >= 4 is 23.8 Å². The third kappa shape index (κ3) is 6.72. The van der Waals surface area contributed by atoms with Gasteiger partial charge in [0.15, 0.2) is 0 Å². The summed E-state index contributed by atoms with van der Waals surface area (Å²) in [6.45, 7) is 7.80. The summed E-state index contributed by atoms with van der Waals surface area (Å²) in [5.74, 6) is -0.863. The lowest BCUT2D eigenvalue weighted by molar-refractivity contribution is -0.144. The molecule has 3 aliphatic rings. The van der Waals surface area contributed by atoms with E-state index in [0.29, 0.717) is 13.0 Å². The molecule has 4 rings (SSSR count). The van der Waals surface area contributed by atoms with Gasteiger partial charge in [-0.1, -0.05) is 24.3 Å². The van der Waals surface area contributed by atoms with Crippen molar-refractivity contribution in [3.63, 3.8) is 0 Å². The maximum Gasteiger partial charge on any atom is 0.410 e. The molecule has 10 heteroatoms. The second-order valence-electron chi connectivity index (χ2n) is 12.0. The molecule has 2 saturated heterocycles. The molecule has 2 heterocycles. The molecule has 0 bridgehead atoms. The first-order chi connectivity index (χ1) is 18.5. The van der Waals surface area contributed by atoms with E-state index in [-0.39, 0.29) is 30.4 Å². The van der Waals surface area contributed by atoms with Crippen LogP contribution in [-0.4, -0.2) is 83.5 Å². The molecule has 0 saturated carbocycles. The minimum absolute atomic E-state index is 0.0623. The maximum atomic E-state index is 13.8. The summed E-state index contributed by atoms with van der Waals surface area (Å²) >= 11 is 0. The van der Waals surface area contributed by atoms with Gasteiger partial charge < -0.3 is 25.6 Å². The van der Waals surface area contributed by atoms with Gasteiger partial charge in [0.2, 0.25) is 17.7 Å². The van der Waals surface area contributed by atoms with Gasteiger partial charge in [0.1, 0.15) is 23.7 Å². The first-order valence-corrected chi connectivity index (χ1v) is 14.1. The van der Waals surface area contributed by atoms with Crippen LogP contribution in [0.2, 0.25) is 0 Å². The standard InChI is InChI=1S/C29H43N5O5/c1-18(33(5)28(38)39-29(2,3)4)25(35)32-23-17-30-16-15-20-13-14-24(34(20)27(23)37)26(36)31-22-12-8-10-19-9-6-7-11-21(19)22/h6-7,9,11,18,20,22-24,30H,8,10,12-17H2,1-5H3,(H,31,36)(H,32,35)/t18-,20+,22+,23-,24-/m0/s1. The van der Waals surface area contributed by atoms with E-state index < -0.39 is 35.7 Å². The first-order valence-electron chi connectivity index (χ1n) is 14.1. The third-order valence-corrected chi connectivity index (χ3v) is 8.00. The van der Waals surface area contributed by atoms with Gasteiger partial charge in [-0.25, -0.2) is 4.79 Å². The number of ether oxygens (including phenoxy) is 1. The number of carbonyl (C=O) groups is 4. The SMILES string of the molecule is C[C@@H](C(=O)N[C@H]1CNCC[C@H]2CC[C@@H](C(=O)N[C@@H]3CCCc4ccccc43)N2C1=O)N(C)C(=O)OC(C)(C)C. The van der Waals surface area contributed by atoms with E-state index in [1.165, 1.54) is 17.5 Å². The van der Waals surface area contributed by atoms with Crippen LogP contribution in [0, 0.1) is 0 Å². The van der Waals surface area contributed by atoms with E-state index in [2.05, 4.69) is 28.1 Å². The Kier molecular flexibility index (Phi) is 8.83. The van der Waals surface area contributed by atoms with Crippen LogP contribution in [0.1, 0.15) is 77.0 Å². The predicted molar refractivity (Wildman–Crippen MR) is 147 cm³/mol. The number of aryl methyl sites for hydroxylation is 1. The molecule has 0 unspecified atom stereocenters. The molecule has 1 aromatic rings. The Morgan fingerprint density at radius 2 is 1.82 bits per heavy atom. The summed E-state index contributed by atoms with van der Waals surface area (Å²) in [6.07, 6.45) is 4.36. The second kappa shape index (κ2) is 11.9. The number of hydrogen-bond donors (Lipinski definition) is 3. The Morgan fingerprint density at radius 3 is 2.56 bits per heavy atom. The molecular weight excluding hydrogens is 498 g/mol. The first kappa shape index (κ1) is 28.9. The Bertz CT molecular complexity index is 1090. The molecule has 3 N–H and O–H groups in total. The number of nitrogens with one attached hydrogen (secondary N) is 3. The molecule has 10 nitrogen and oxygen atoms in total. The molecule has 39 heavy (non-hydrogen) atoms. The topological polar surface area (TPSA) is 120 Å². The summed E-state index contributed by atoms with van der Waals surface area (Å²) in [4.78, 5) is 55.9. The monoisotopic (exact) mass is 541 g/mol. The van der Waals surface area contributed by atoms with Crippen LogP contribution < -0.4 is 16.0 Å². The number of benzene rings is 1. The summed E-state index contributed by atoms with van der Waals surface area (Å²) < 4.78 is 5.37. The molecule has 0 radical (unpaired) electrons. The molecule has 2 fully saturated rings. The van der Waals surface area contributed by atoms with E-state index in [1.807, 2.05) is 12.1 Å². The van der Waals surface area contributed by atoms with Gasteiger partial charge in [0, 0.05) is 19.6 Å². The highest BCUT2D eigenvalue weighted by molar-refractivity contribution is 5.94. The Labute approximate surface area is 231 Å². The van der Waals surface area contributed by atoms with Crippen molar-refractivity contribution in [3.8, 4) is 0 Å². The second-order valence-corrected chi connectivity index (χ2v) is 12.0. The van der Waals surface area contributed by atoms with E-state index >= 15 is 0 Å². The molecule has 0 spiro atoms. The van der Waals surface area contributed by atoms with Gasteiger partial charge in [-0.3, -0.25) is 19.3 Å². The number of fused-ring (bicyclic) bond motifs is 2. The smallest absolute Gasteiger partial charge is 0.410 e. The highest BCUT2D eigenvalue weighted by Crippen LogP contribution is 2.32. The zero-order chi connectivity index (χ0) is 28.3. The number of amides is 4. The van der Waals surface area contributed by atoms with Crippen LogP contribution in [0.15, 0.2) is 24.3 Å². The summed E-state index contributed by atoms with van der Waals surface area (Å²) in [6, 6.07) is 5.81.